The summed E-state index contributed by atoms with van der Waals surface area (Å²) in [5.74, 6) is 0.229. The van der Waals surface area contributed by atoms with Gasteiger partial charge in [-0.1, -0.05) is 42.0 Å². The van der Waals surface area contributed by atoms with Gasteiger partial charge in [0.1, 0.15) is 0 Å². The van der Waals surface area contributed by atoms with Gasteiger partial charge in [0.25, 0.3) is 0 Å². The first-order valence-corrected chi connectivity index (χ1v) is 11.0. The molecule has 1 N–H and O–H groups in total. The standard InChI is InChI=1S/C24H27N3OS/c1-17-4-3-5-21(14-17)19-6-8-22(9-7-19)26-24(28)20-10-12-27(13-11-20)16-23-15-25-18(2)29-23/h3-9,14-15,20H,10-13,16H2,1-2H3,(H,26,28). The van der Waals surface area contributed by atoms with E-state index in [4.69, 9.17) is 0 Å². The van der Waals surface area contributed by atoms with Crippen LogP contribution in [0.2, 0.25) is 0 Å². The van der Waals surface area contributed by atoms with E-state index in [-0.39, 0.29) is 11.8 Å². The second kappa shape index (κ2) is 8.89. The molecular formula is C24H27N3OS. The average molecular weight is 406 g/mol. The lowest BCUT2D eigenvalue weighted by molar-refractivity contribution is -0.121. The molecular weight excluding hydrogens is 378 g/mol. The van der Waals surface area contributed by atoms with Gasteiger partial charge in [-0.3, -0.25) is 9.69 Å². The van der Waals surface area contributed by atoms with Crippen LogP contribution in [0.3, 0.4) is 0 Å². The minimum atomic E-state index is 0.0888. The molecule has 4 nitrogen and oxygen atoms in total. The van der Waals surface area contributed by atoms with Gasteiger partial charge in [-0.05, 0) is 63.0 Å². The molecule has 2 heterocycles. The Morgan fingerprint density at radius 2 is 1.86 bits per heavy atom. The van der Waals surface area contributed by atoms with Crippen molar-refractivity contribution in [1.29, 1.82) is 0 Å². The SMILES string of the molecule is Cc1cccc(-c2ccc(NC(=O)C3CCN(Cc4cnc(C)s4)CC3)cc2)c1. The Balaban J connectivity index is 1.29. The van der Waals surface area contributed by atoms with E-state index in [9.17, 15) is 4.79 Å². The number of piperidine rings is 1. The average Bonchev–Trinajstić information content (AvgIpc) is 3.13. The van der Waals surface area contributed by atoms with Crippen molar-refractivity contribution < 1.29 is 4.79 Å². The van der Waals surface area contributed by atoms with Crippen LogP contribution in [-0.4, -0.2) is 28.9 Å². The number of benzene rings is 2. The number of aromatic nitrogens is 1. The number of anilines is 1. The number of nitrogens with zero attached hydrogens (tertiary/aromatic N) is 2. The summed E-state index contributed by atoms with van der Waals surface area (Å²) < 4.78 is 0. The molecule has 1 aliphatic rings. The van der Waals surface area contributed by atoms with Gasteiger partial charge in [0.15, 0.2) is 0 Å². The lowest BCUT2D eigenvalue weighted by Gasteiger charge is -2.30. The lowest BCUT2D eigenvalue weighted by Crippen LogP contribution is -2.37. The van der Waals surface area contributed by atoms with Gasteiger partial charge in [-0.2, -0.15) is 0 Å². The van der Waals surface area contributed by atoms with Crippen LogP contribution in [0.1, 0.15) is 28.3 Å². The molecule has 1 aliphatic heterocycles. The quantitative estimate of drug-likeness (QED) is 0.628. The molecule has 1 saturated heterocycles. The zero-order valence-electron chi connectivity index (χ0n) is 17.0. The van der Waals surface area contributed by atoms with Gasteiger partial charge in [-0.25, -0.2) is 4.98 Å². The molecule has 3 aromatic rings. The van der Waals surface area contributed by atoms with Crippen LogP contribution < -0.4 is 5.32 Å². The maximum Gasteiger partial charge on any atom is 0.227 e. The number of rotatable bonds is 5. The smallest absolute Gasteiger partial charge is 0.227 e. The number of amides is 1. The zero-order valence-corrected chi connectivity index (χ0v) is 17.8. The van der Waals surface area contributed by atoms with E-state index >= 15 is 0 Å². The summed E-state index contributed by atoms with van der Waals surface area (Å²) in [5, 5.41) is 4.22. The van der Waals surface area contributed by atoms with Crippen LogP contribution in [0.15, 0.2) is 54.7 Å². The van der Waals surface area contributed by atoms with Crippen LogP contribution >= 0.6 is 11.3 Å². The summed E-state index contributed by atoms with van der Waals surface area (Å²) in [5.41, 5.74) is 4.48. The maximum atomic E-state index is 12.7. The number of carbonyl (C=O) groups excluding carboxylic acids is 1. The normalized spacial score (nSPS) is 15.4. The van der Waals surface area contributed by atoms with Crippen molar-refractivity contribution in [3.8, 4) is 11.1 Å². The topological polar surface area (TPSA) is 45.2 Å². The van der Waals surface area contributed by atoms with Crippen molar-refractivity contribution in [3.63, 3.8) is 0 Å². The minimum absolute atomic E-state index is 0.0888. The van der Waals surface area contributed by atoms with Crippen LogP contribution in [-0.2, 0) is 11.3 Å². The number of hydrogen-bond acceptors (Lipinski definition) is 4. The molecule has 0 saturated carbocycles. The van der Waals surface area contributed by atoms with Gasteiger partial charge < -0.3 is 5.32 Å². The molecule has 0 radical (unpaired) electrons. The fourth-order valence-corrected chi connectivity index (χ4v) is 4.70. The molecule has 0 unspecified atom stereocenters. The number of nitrogens with one attached hydrogen (secondary N) is 1. The molecule has 4 rings (SSSR count). The predicted molar refractivity (Wildman–Crippen MR) is 120 cm³/mol. The molecule has 5 heteroatoms. The summed E-state index contributed by atoms with van der Waals surface area (Å²) >= 11 is 1.76. The third kappa shape index (κ3) is 5.11. The van der Waals surface area contributed by atoms with E-state index in [1.165, 1.54) is 21.6 Å². The number of likely N-dealkylation sites (tertiary alicyclic amines) is 1. The molecule has 0 atom stereocenters. The Morgan fingerprint density at radius 3 is 2.52 bits per heavy atom. The van der Waals surface area contributed by atoms with E-state index in [0.29, 0.717) is 0 Å². The lowest BCUT2D eigenvalue weighted by atomic mass is 9.95. The summed E-state index contributed by atoms with van der Waals surface area (Å²) in [6.45, 7) is 7.00. The van der Waals surface area contributed by atoms with Crippen molar-refractivity contribution >= 4 is 22.9 Å². The summed E-state index contributed by atoms with van der Waals surface area (Å²) in [4.78, 5) is 20.8. The van der Waals surface area contributed by atoms with Crippen molar-refractivity contribution in [3.05, 3.63) is 70.2 Å². The third-order valence-corrected chi connectivity index (χ3v) is 6.41. The van der Waals surface area contributed by atoms with E-state index in [1.807, 2.05) is 25.3 Å². The highest BCUT2D eigenvalue weighted by Gasteiger charge is 2.25. The fourth-order valence-electron chi connectivity index (χ4n) is 3.87. The first-order valence-electron chi connectivity index (χ1n) is 10.2. The molecule has 1 aromatic heterocycles. The predicted octanol–water partition coefficient (Wildman–Crippen LogP) is 5.28. The molecule has 2 aromatic carbocycles. The first kappa shape index (κ1) is 19.8. The van der Waals surface area contributed by atoms with Gasteiger partial charge in [-0.15, -0.1) is 11.3 Å². The number of carbonyl (C=O) groups is 1. The molecule has 150 valence electrons. The summed E-state index contributed by atoms with van der Waals surface area (Å²) in [7, 11) is 0. The van der Waals surface area contributed by atoms with Gasteiger partial charge in [0, 0.05) is 29.2 Å². The maximum absolute atomic E-state index is 12.7. The number of thiazole rings is 1. The number of hydrogen-bond donors (Lipinski definition) is 1. The van der Waals surface area contributed by atoms with Crippen molar-refractivity contribution in [2.75, 3.05) is 18.4 Å². The van der Waals surface area contributed by atoms with E-state index in [0.717, 1.165) is 43.2 Å². The van der Waals surface area contributed by atoms with Crippen molar-refractivity contribution in [1.82, 2.24) is 9.88 Å². The summed E-state index contributed by atoms with van der Waals surface area (Å²) in [6, 6.07) is 16.6. The first-order chi connectivity index (χ1) is 14.1. The molecule has 0 aliphatic carbocycles. The monoisotopic (exact) mass is 405 g/mol. The number of aryl methyl sites for hydroxylation is 2. The molecule has 29 heavy (non-hydrogen) atoms. The Hall–Kier alpha value is -2.50. The molecule has 1 fully saturated rings. The Kier molecular flexibility index (Phi) is 6.07. The third-order valence-electron chi connectivity index (χ3n) is 5.51. The highest BCUT2D eigenvalue weighted by Crippen LogP contribution is 2.25. The van der Waals surface area contributed by atoms with Crippen LogP contribution in [0, 0.1) is 19.8 Å². The van der Waals surface area contributed by atoms with E-state index in [1.54, 1.807) is 11.3 Å². The van der Waals surface area contributed by atoms with Crippen molar-refractivity contribution in [2.24, 2.45) is 5.92 Å². The Morgan fingerprint density at radius 1 is 1.10 bits per heavy atom. The Bertz CT molecular complexity index is 972. The Labute approximate surface area is 176 Å². The van der Waals surface area contributed by atoms with Crippen LogP contribution in [0.5, 0.6) is 0 Å². The van der Waals surface area contributed by atoms with Crippen LogP contribution in [0.4, 0.5) is 5.69 Å². The highest BCUT2D eigenvalue weighted by atomic mass is 32.1. The minimum Gasteiger partial charge on any atom is -0.326 e. The van der Waals surface area contributed by atoms with Gasteiger partial charge >= 0.3 is 0 Å². The second-order valence-electron chi connectivity index (χ2n) is 7.83. The second-order valence-corrected chi connectivity index (χ2v) is 9.15. The highest BCUT2D eigenvalue weighted by molar-refractivity contribution is 7.11. The molecule has 0 bridgehead atoms. The zero-order chi connectivity index (χ0) is 20.2. The summed E-state index contributed by atoms with van der Waals surface area (Å²) in [6.07, 6.45) is 3.79. The fraction of sp³-hybridized carbons (Fsp3) is 0.333. The largest absolute Gasteiger partial charge is 0.326 e. The molecule has 0 spiro atoms. The van der Waals surface area contributed by atoms with Crippen molar-refractivity contribution in [2.45, 2.75) is 33.2 Å². The van der Waals surface area contributed by atoms with E-state index < -0.39 is 0 Å². The van der Waals surface area contributed by atoms with E-state index in [2.05, 4.69) is 58.5 Å². The van der Waals surface area contributed by atoms with Gasteiger partial charge in [0.05, 0.1) is 5.01 Å². The van der Waals surface area contributed by atoms with Crippen LogP contribution in [0.25, 0.3) is 11.1 Å². The van der Waals surface area contributed by atoms with Gasteiger partial charge in [0.2, 0.25) is 5.91 Å². The molecule has 1 amide bonds.